The molecule has 1 aromatic carbocycles. The van der Waals surface area contributed by atoms with Gasteiger partial charge < -0.3 is 4.90 Å². The molecule has 1 amide bonds. The summed E-state index contributed by atoms with van der Waals surface area (Å²) in [6.45, 7) is 2.40. The molecule has 1 aliphatic heterocycles. The van der Waals surface area contributed by atoms with Crippen LogP contribution in [0.4, 0.5) is 14.5 Å². The summed E-state index contributed by atoms with van der Waals surface area (Å²) in [4.78, 5) is 23.1. The fourth-order valence-corrected chi connectivity index (χ4v) is 2.12. The minimum absolute atomic E-state index is 0.264. The summed E-state index contributed by atoms with van der Waals surface area (Å²) < 4.78 is 27.6. The van der Waals surface area contributed by atoms with Crippen molar-refractivity contribution in [2.45, 2.75) is 13.3 Å². The zero-order chi connectivity index (χ0) is 14.9. The van der Waals surface area contributed by atoms with Crippen LogP contribution >= 0.6 is 0 Å². The van der Waals surface area contributed by atoms with Gasteiger partial charge in [0.05, 0.1) is 4.92 Å². The minimum atomic E-state index is -1.42. The van der Waals surface area contributed by atoms with E-state index < -0.39 is 33.7 Å². The lowest BCUT2D eigenvalue weighted by atomic mass is 10.1. The first-order valence-corrected chi connectivity index (χ1v) is 5.99. The maximum atomic E-state index is 13.9. The molecule has 0 aromatic heterocycles. The first kappa shape index (κ1) is 14.1. The van der Waals surface area contributed by atoms with E-state index in [1.807, 2.05) is 6.08 Å². The van der Waals surface area contributed by atoms with Crippen molar-refractivity contribution in [1.82, 2.24) is 4.90 Å². The minimum Gasteiger partial charge on any atom is -0.334 e. The van der Waals surface area contributed by atoms with Crippen LogP contribution in [0.15, 0.2) is 23.8 Å². The maximum absolute atomic E-state index is 13.9. The van der Waals surface area contributed by atoms with E-state index >= 15 is 0 Å². The number of halogens is 2. The molecule has 0 saturated carbocycles. The summed E-state index contributed by atoms with van der Waals surface area (Å²) in [6.07, 6.45) is 2.53. The second-order valence-electron chi connectivity index (χ2n) is 4.58. The lowest BCUT2D eigenvalue weighted by Gasteiger charge is -2.26. The molecule has 2 rings (SSSR count). The molecule has 0 unspecified atom stereocenters. The van der Waals surface area contributed by atoms with E-state index in [9.17, 15) is 23.7 Å². The smallest absolute Gasteiger partial charge is 0.305 e. The summed E-state index contributed by atoms with van der Waals surface area (Å²) in [5.74, 6) is -3.38. The lowest BCUT2D eigenvalue weighted by molar-refractivity contribution is -0.387. The van der Waals surface area contributed by atoms with Crippen LogP contribution in [0.5, 0.6) is 0 Å². The Bertz CT molecular complexity index is 614. The molecule has 5 nitrogen and oxygen atoms in total. The molecule has 0 bridgehead atoms. The van der Waals surface area contributed by atoms with Crippen LogP contribution in [0.1, 0.15) is 23.7 Å². The van der Waals surface area contributed by atoms with E-state index in [2.05, 4.69) is 0 Å². The van der Waals surface area contributed by atoms with Gasteiger partial charge in [-0.2, -0.15) is 4.39 Å². The number of rotatable bonds is 2. The molecule has 1 heterocycles. The van der Waals surface area contributed by atoms with Crippen LogP contribution in [-0.4, -0.2) is 28.8 Å². The van der Waals surface area contributed by atoms with Crippen molar-refractivity contribution in [1.29, 1.82) is 0 Å². The van der Waals surface area contributed by atoms with Crippen molar-refractivity contribution in [2.75, 3.05) is 13.1 Å². The quantitative estimate of drug-likeness (QED) is 0.476. The molecule has 106 valence electrons. The third-order valence-electron chi connectivity index (χ3n) is 3.10. The average Bonchev–Trinajstić information content (AvgIpc) is 2.38. The topological polar surface area (TPSA) is 63.5 Å². The number of nitro benzene ring substituents is 1. The Kier molecular flexibility index (Phi) is 3.78. The Balaban J connectivity index is 2.42. The van der Waals surface area contributed by atoms with E-state index in [4.69, 9.17) is 0 Å². The van der Waals surface area contributed by atoms with Gasteiger partial charge in [-0.3, -0.25) is 14.9 Å². The Morgan fingerprint density at radius 1 is 1.40 bits per heavy atom. The molecule has 0 spiro atoms. The van der Waals surface area contributed by atoms with Gasteiger partial charge >= 0.3 is 5.69 Å². The Labute approximate surface area is 113 Å². The molecule has 0 saturated heterocycles. The van der Waals surface area contributed by atoms with E-state index in [0.717, 1.165) is 11.6 Å². The number of nitro groups is 1. The van der Waals surface area contributed by atoms with Crippen LogP contribution in [0.3, 0.4) is 0 Å². The highest BCUT2D eigenvalue weighted by atomic mass is 19.1. The number of carbonyl (C=O) groups excluding carboxylic acids is 1. The molecule has 0 atom stereocenters. The third-order valence-corrected chi connectivity index (χ3v) is 3.10. The van der Waals surface area contributed by atoms with Gasteiger partial charge in [0.1, 0.15) is 11.4 Å². The molecular weight excluding hydrogens is 270 g/mol. The summed E-state index contributed by atoms with van der Waals surface area (Å²) in [7, 11) is 0. The number of hydrogen-bond donors (Lipinski definition) is 0. The highest BCUT2D eigenvalue weighted by Gasteiger charge is 2.29. The molecule has 1 aliphatic rings. The van der Waals surface area contributed by atoms with Gasteiger partial charge in [0, 0.05) is 19.2 Å². The number of benzene rings is 1. The summed E-state index contributed by atoms with van der Waals surface area (Å²) in [5, 5.41) is 10.6. The van der Waals surface area contributed by atoms with Gasteiger partial charge in [0.15, 0.2) is 0 Å². The fourth-order valence-electron chi connectivity index (χ4n) is 2.12. The van der Waals surface area contributed by atoms with Crippen LogP contribution in [-0.2, 0) is 0 Å². The lowest BCUT2D eigenvalue weighted by Crippen LogP contribution is -2.36. The van der Waals surface area contributed by atoms with Crippen LogP contribution in [0, 0.1) is 21.7 Å². The Morgan fingerprint density at radius 2 is 2.10 bits per heavy atom. The predicted octanol–water partition coefficient (Wildman–Crippen LogP) is 2.67. The van der Waals surface area contributed by atoms with E-state index in [0.29, 0.717) is 19.0 Å². The fraction of sp³-hybridized carbons (Fsp3) is 0.308. The van der Waals surface area contributed by atoms with Gasteiger partial charge in [-0.15, -0.1) is 0 Å². The van der Waals surface area contributed by atoms with Crippen LogP contribution in [0.25, 0.3) is 0 Å². The standard InChI is InChI=1S/C13H12F2N2O3/c1-8-3-2-6-16(7-8)13(18)11-9(14)4-5-10(12(11)15)17(19)20/h3-5H,2,6-7H2,1H3. The van der Waals surface area contributed by atoms with Gasteiger partial charge in [0.2, 0.25) is 5.82 Å². The Hall–Kier alpha value is -2.31. The molecule has 0 N–H and O–H groups in total. The molecule has 0 radical (unpaired) electrons. The van der Waals surface area contributed by atoms with Crippen molar-refractivity contribution in [3.05, 3.63) is 51.1 Å². The predicted molar refractivity (Wildman–Crippen MR) is 67.3 cm³/mol. The summed E-state index contributed by atoms with van der Waals surface area (Å²) in [5.41, 5.74) is -0.858. The average molecular weight is 282 g/mol. The van der Waals surface area contributed by atoms with E-state index in [1.54, 1.807) is 6.92 Å². The molecule has 7 heteroatoms. The summed E-state index contributed by atoms with van der Waals surface area (Å²) >= 11 is 0. The van der Waals surface area contributed by atoms with E-state index in [1.165, 1.54) is 4.90 Å². The van der Waals surface area contributed by atoms with Crippen molar-refractivity contribution in [3.8, 4) is 0 Å². The highest BCUT2D eigenvalue weighted by molar-refractivity contribution is 5.95. The van der Waals surface area contributed by atoms with Crippen LogP contribution in [0.2, 0.25) is 0 Å². The number of amides is 1. The number of carbonyl (C=O) groups is 1. The SMILES string of the molecule is CC1=CCCN(C(=O)c2c(F)ccc([N+](=O)[O-])c2F)C1. The number of hydrogen-bond acceptors (Lipinski definition) is 3. The van der Waals surface area contributed by atoms with Crippen molar-refractivity contribution in [3.63, 3.8) is 0 Å². The van der Waals surface area contributed by atoms with Crippen molar-refractivity contribution >= 4 is 11.6 Å². The molecule has 0 aliphatic carbocycles. The Morgan fingerprint density at radius 3 is 2.70 bits per heavy atom. The maximum Gasteiger partial charge on any atom is 0.305 e. The van der Waals surface area contributed by atoms with Gasteiger partial charge in [-0.1, -0.05) is 11.6 Å². The second kappa shape index (κ2) is 5.36. The second-order valence-corrected chi connectivity index (χ2v) is 4.58. The molecular formula is C13H12F2N2O3. The zero-order valence-electron chi connectivity index (χ0n) is 10.7. The first-order chi connectivity index (χ1) is 9.41. The third kappa shape index (κ3) is 2.52. The van der Waals surface area contributed by atoms with Crippen LogP contribution < -0.4 is 0 Å². The zero-order valence-corrected chi connectivity index (χ0v) is 10.7. The van der Waals surface area contributed by atoms with E-state index in [-0.39, 0.29) is 6.54 Å². The molecule has 20 heavy (non-hydrogen) atoms. The first-order valence-electron chi connectivity index (χ1n) is 5.99. The monoisotopic (exact) mass is 282 g/mol. The molecule has 1 aromatic rings. The highest BCUT2D eigenvalue weighted by Crippen LogP contribution is 2.25. The largest absolute Gasteiger partial charge is 0.334 e. The number of nitrogens with zero attached hydrogens (tertiary/aromatic N) is 2. The molecule has 0 fully saturated rings. The van der Waals surface area contributed by atoms with Crippen molar-refractivity contribution < 1.29 is 18.5 Å². The van der Waals surface area contributed by atoms with Gasteiger partial charge in [0.25, 0.3) is 5.91 Å². The van der Waals surface area contributed by atoms with Crippen molar-refractivity contribution in [2.24, 2.45) is 0 Å². The normalized spacial score (nSPS) is 14.9. The van der Waals surface area contributed by atoms with Gasteiger partial charge in [-0.05, 0) is 19.4 Å². The summed E-state index contributed by atoms with van der Waals surface area (Å²) in [6, 6.07) is 1.45. The van der Waals surface area contributed by atoms with Gasteiger partial charge in [-0.25, -0.2) is 4.39 Å².